The number of amides is 1. The molecule has 0 bridgehead atoms. The number of hydrogen-bond donors (Lipinski definition) is 2. The largest absolute Gasteiger partial charge is 0.481 e. The van der Waals surface area contributed by atoms with Crippen LogP contribution in [-0.4, -0.2) is 40.6 Å². The zero-order valence-electron chi connectivity index (χ0n) is 28.3. The molecule has 9 heteroatoms. The van der Waals surface area contributed by atoms with Crippen LogP contribution in [0, 0.1) is 23.2 Å². The third-order valence-electron chi connectivity index (χ3n) is 10.1. The molecule has 1 heterocycles. The summed E-state index contributed by atoms with van der Waals surface area (Å²) in [6, 6.07) is 12.0. The lowest BCUT2D eigenvalue weighted by Crippen LogP contribution is -2.34. The summed E-state index contributed by atoms with van der Waals surface area (Å²) in [5.74, 6) is -0.991. The number of carbonyl (C=O) groups is 3. The second-order valence-electron chi connectivity index (χ2n) is 15.1. The summed E-state index contributed by atoms with van der Waals surface area (Å²) in [5.41, 5.74) is 0.816. The molecule has 1 spiro atoms. The summed E-state index contributed by atoms with van der Waals surface area (Å²) in [6.07, 6.45) is 1.94. The number of carboxylic acid groups (broad SMARTS) is 1. The SMILES string of the molecule is CC(C)C1CCC2(CC1)CCC([C@H](CCC(C)(C)C)c1ccc(C(=O)NCCC(=O)O)cc1)C(=O)C(c1ccc(C(F)(F)F)cc1)=N2. The molecule has 2 aromatic carbocycles. The summed E-state index contributed by atoms with van der Waals surface area (Å²) >= 11 is 0. The van der Waals surface area contributed by atoms with Gasteiger partial charge in [-0.05, 0) is 104 Å². The van der Waals surface area contributed by atoms with Gasteiger partial charge in [-0.25, -0.2) is 0 Å². The van der Waals surface area contributed by atoms with Crippen molar-refractivity contribution < 1.29 is 32.7 Å². The fraction of sp³-hybridized carbons (Fsp3) is 0.579. The van der Waals surface area contributed by atoms with Crippen LogP contribution in [-0.2, 0) is 15.8 Å². The zero-order valence-corrected chi connectivity index (χ0v) is 28.3. The lowest BCUT2D eigenvalue weighted by molar-refractivity contribution is -0.138. The number of nitrogens with one attached hydrogen (secondary N) is 1. The van der Waals surface area contributed by atoms with Crippen LogP contribution in [0.25, 0.3) is 0 Å². The lowest BCUT2D eigenvalue weighted by Gasteiger charge is -2.39. The Kier molecular flexibility index (Phi) is 11.4. The number of hydrogen-bond acceptors (Lipinski definition) is 4. The number of ketones is 1. The second kappa shape index (κ2) is 14.7. The third kappa shape index (κ3) is 9.54. The van der Waals surface area contributed by atoms with E-state index in [0.29, 0.717) is 35.8 Å². The van der Waals surface area contributed by atoms with Crippen LogP contribution in [0.5, 0.6) is 0 Å². The first-order valence-corrected chi connectivity index (χ1v) is 16.9. The van der Waals surface area contributed by atoms with E-state index in [2.05, 4.69) is 39.9 Å². The van der Waals surface area contributed by atoms with E-state index < -0.39 is 29.2 Å². The average Bonchev–Trinajstić information content (AvgIpc) is 3.13. The van der Waals surface area contributed by atoms with E-state index in [-0.39, 0.29) is 41.7 Å². The van der Waals surface area contributed by atoms with Gasteiger partial charge in [-0.2, -0.15) is 13.2 Å². The summed E-state index contributed by atoms with van der Waals surface area (Å²) in [7, 11) is 0. The Morgan fingerprint density at radius 3 is 2.09 bits per heavy atom. The van der Waals surface area contributed by atoms with Crippen molar-refractivity contribution in [3.63, 3.8) is 0 Å². The maximum Gasteiger partial charge on any atom is 0.416 e. The number of rotatable bonds is 10. The Labute approximate surface area is 276 Å². The first kappa shape index (κ1) is 36.3. The van der Waals surface area contributed by atoms with Crippen molar-refractivity contribution in [2.24, 2.45) is 28.2 Å². The zero-order chi connectivity index (χ0) is 34.6. The number of alkyl halides is 3. The lowest BCUT2D eigenvalue weighted by atomic mass is 9.69. The first-order valence-electron chi connectivity index (χ1n) is 16.9. The number of carboxylic acids is 1. The van der Waals surface area contributed by atoms with E-state index >= 15 is 0 Å². The molecule has 0 aromatic heterocycles. The van der Waals surface area contributed by atoms with Gasteiger partial charge < -0.3 is 10.4 Å². The topological polar surface area (TPSA) is 95.8 Å². The van der Waals surface area contributed by atoms with Crippen LogP contribution in [0.15, 0.2) is 53.5 Å². The Balaban J connectivity index is 1.71. The molecule has 2 N–H and O–H groups in total. The minimum Gasteiger partial charge on any atom is -0.481 e. The first-order chi connectivity index (χ1) is 22.0. The number of aliphatic imine (C=N–C) groups is 1. The minimum atomic E-state index is -4.48. The van der Waals surface area contributed by atoms with Gasteiger partial charge in [0, 0.05) is 23.6 Å². The number of nitrogens with zero attached hydrogens (tertiary/aromatic N) is 1. The molecule has 1 fully saturated rings. The van der Waals surface area contributed by atoms with Crippen LogP contribution in [0.4, 0.5) is 13.2 Å². The predicted octanol–water partition coefficient (Wildman–Crippen LogP) is 8.87. The number of benzene rings is 2. The normalized spacial score (nSPS) is 22.9. The Bertz CT molecular complexity index is 1430. The van der Waals surface area contributed by atoms with E-state index in [0.717, 1.165) is 56.2 Å². The molecule has 2 atom stereocenters. The summed E-state index contributed by atoms with van der Waals surface area (Å²) in [4.78, 5) is 43.3. The van der Waals surface area contributed by atoms with Crippen molar-refractivity contribution in [2.45, 2.75) is 110 Å². The van der Waals surface area contributed by atoms with Crippen LogP contribution < -0.4 is 5.32 Å². The molecular weight excluding hydrogens is 605 g/mol. The van der Waals surface area contributed by atoms with Crippen LogP contribution in [0.1, 0.15) is 125 Å². The maximum atomic E-state index is 14.6. The van der Waals surface area contributed by atoms with E-state index in [1.54, 1.807) is 12.1 Å². The highest BCUT2D eigenvalue weighted by Crippen LogP contribution is 2.46. The van der Waals surface area contributed by atoms with Crippen molar-refractivity contribution in [3.8, 4) is 0 Å². The Morgan fingerprint density at radius 1 is 0.957 bits per heavy atom. The molecule has 47 heavy (non-hydrogen) atoms. The number of halogens is 3. The van der Waals surface area contributed by atoms with E-state index in [1.165, 1.54) is 12.1 Å². The van der Waals surface area contributed by atoms with Crippen molar-refractivity contribution in [3.05, 3.63) is 70.8 Å². The molecule has 1 aliphatic heterocycles. The van der Waals surface area contributed by atoms with Crippen LogP contribution in [0.3, 0.4) is 0 Å². The van der Waals surface area contributed by atoms with Gasteiger partial charge in [0.25, 0.3) is 5.91 Å². The van der Waals surface area contributed by atoms with E-state index in [4.69, 9.17) is 10.1 Å². The second-order valence-corrected chi connectivity index (χ2v) is 15.1. The summed E-state index contributed by atoms with van der Waals surface area (Å²) in [6.45, 7) is 10.9. The molecule has 0 radical (unpaired) electrons. The molecule has 1 aliphatic carbocycles. The maximum absolute atomic E-state index is 14.6. The highest BCUT2D eigenvalue weighted by molar-refractivity contribution is 6.47. The van der Waals surface area contributed by atoms with Crippen LogP contribution >= 0.6 is 0 Å². The third-order valence-corrected chi connectivity index (χ3v) is 10.1. The molecule has 0 saturated heterocycles. The molecule has 6 nitrogen and oxygen atoms in total. The molecule has 256 valence electrons. The van der Waals surface area contributed by atoms with Crippen molar-refractivity contribution in [1.82, 2.24) is 5.32 Å². The Morgan fingerprint density at radius 2 is 1.55 bits per heavy atom. The van der Waals surface area contributed by atoms with Crippen molar-refractivity contribution in [2.75, 3.05) is 6.54 Å². The standard InChI is InChI=1S/C38H49F3N2O4/c1-24(2)25-14-20-37(21-15-25)22-17-31(34(46)33(43-37)27-10-12-29(13-11-27)38(39,40)41)30(16-19-36(3,4)5)26-6-8-28(9-7-26)35(47)42-23-18-32(44)45/h6-13,24-25,30-31H,14-23H2,1-5H3,(H,42,47)(H,44,45)/t25?,30-,31?,37?/m1/s1. The molecule has 1 amide bonds. The van der Waals surface area contributed by atoms with Gasteiger partial charge in [-0.15, -0.1) is 0 Å². The van der Waals surface area contributed by atoms with Gasteiger partial charge in [0.05, 0.1) is 17.5 Å². The summed E-state index contributed by atoms with van der Waals surface area (Å²) in [5, 5.41) is 11.5. The fourth-order valence-corrected chi connectivity index (χ4v) is 7.15. The minimum absolute atomic E-state index is 0.00318. The highest BCUT2D eigenvalue weighted by atomic mass is 19.4. The molecule has 4 rings (SSSR count). The predicted molar refractivity (Wildman–Crippen MR) is 178 cm³/mol. The van der Waals surface area contributed by atoms with Gasteiger partial charge in [0.15, 0.2) is 5.78 Å². The Hall–Kier alpha value is -3.49. The smallest absolute Gasteiger partial charge is 0.416 e. The van der Waals surface area contributed by atoms with Crippen molar-refractivity contribution >= 4 is 23.4 Å². The van der Waals surface area contributed by atoms with Gasteiger partial charge in [-0.3, -0.25) is 19.4 Å². The molecule has 2 aromatic rings. The molecule has 2 aliphatic rings. The van der Waals surface area contributed by atoms with Gasteiger partial charge in [-0.1, -0.05) is 58.9 Å². The van der Waals surface area contributed by atoms with Gasteiger partial charge in [0.2, 0.25) is 0 Å². The fourth-order valence-electron chi connectivity index (χ4n) is 7.15. The molecule has 1 unspecified atom stereocenters. The quantitative estimate of drug-likeness (QED) is 0.268. The monoisotopic (exact) mass is 654 g/mol. The van der Waals surface area contributed by atoms with Gasteiger partial charge in [0.1, 0.15) is 5.71 Å². The molecular formula is C38H49F3N2O4. The summed E-state index contributed by atoms with van der Waals surface area (Å²) < 4.78 is 40.4. The van der Waals surface area contributed by atoms with E-state index in [9.17, 15) is 27.6 Å². The van der Waals surface area contributed by atoms with Crippen molar-refractivity contribution in [1.29, 1.82) is 0 Å². The number of carbonyl (C=O) groups excluding carboxylic acids is 2. The van der Waals surface area contributed by atoms with Crippen LogP contribution in [0.2, 0.25) is 0 Å². The number of Topliss-reactive ketones (excluding diaryl/α,β-unsaturated/α-hetero) is 1. The van der Waals surface area contributed by atoms with E-state index in [1.807, 2.05) is 12.1 Å². The highest BCUT2D eigenvalue weighted by Gasteiger charge is 2.43. The molecule has 1 saturated carbocycles. The number of aliphatic carboxylic acids is 1. The van der Waals surface area contributed by atoms with Gasteiger partial charge >= 0.3 is 12.1 Å². The average molecular weight is 655 g/mol.